The lowest BCUT2D eigenvalue weighted by Crippen LogP contribution is -2.50. The Morgan fingerprint density at radius 2 is 1.90 bits per heavy atom. The molecule has 1 aromatic rings. The third-order valence-electron chi connectivity index (χ3n) is 4.35. The molecule has 2 fully saturated rings. The minimum absolute atomic E-state index is 0.0307. The van der Waals surface area contributed by atoms with Crippen LogP contribution in [-0.4, -0.2) is 49.6 Å². The predicted molar refractivity (Wildman–Crippen MR) is 79.7 cm³/mol. The number of rotatable bonds is 3. The lowest BCUT2D eigenvalue weighted by atomic mass is 9.89. The highest BCUT2D eigenvalue weighted by Gasteiger charge is 2.34. The summed E-state index contributed by atoms with van der Waals surface area (Å²) in [6, 6.07) is 10.5. The molecule has 0 saturated carbocycles. The number of nitrogens with one attached hydrogen (secondary N) is 2. The van der Waals surface area contributed by atoms with Crippen LogP contribution >= 0.6 is 0 Å². The minimum atomic E-state index is -0.0307. The molecule has 2 atom stereocenters. The molecule has 0 aromatic heterocycles. The van der Waals surface area contributed by atoms with Crippen LogP contribution in [0, 0.1) is 0 Å². The first kappa shape index (κ1) is 13.6. The van der Waals surface area contributed by atoms with E-state index in [4.69, 9.17) is 0 Å². The van der Waals surface area contributed by atoms with Crippen molar-refractivity contribution in [2.24, 2.45) is 0 Å². The molecule has 108 valence electrons. The molecule has 20 heavy (non-hydrogen) atoms. The average molecular weight is 273 g/mol. The van der Waals surface area contributed by atoms with Gasteiger partial charge in [-0.05, 0) is 24.9 Å². The first-order valence-corrected chi connectivity index (χ1v) is 7.64. The number of piperazine rings is 1. The Kier molecular flexibility index (Phi) is 4.33. The maximum Gasteiger partial charge on any atom is 0.231 e. The van der Waals surface area contributed by atoms with Crippen LogP contribution in [0.3, 0.4) is 0 Å². The van der Waals surface area contributed by atoms with Gasteiger partial charge in [0.2, 0.25) is 5.91 Å². The molecular weight excluding hydrogens is 250 g/mol. The van der Waals surface area contributed by atoms with Crippen molar-refractivity contribution in [2.45, 2.75) is 24.8 Å². The molecule has 2 heterocycles. The Balaban J connectivity index is 1.82. The van der Waals surface area contributed by atoms with Crippen LogP contribution in [0.15, 0.2) is 30.3 Å². The monoisotopic (exact) mass is 273 g/mol. The third kappa shape index (κ3) is 2.86. The van der Waals surface area contributed by atoms with Crippen LogP contribution in [0.2, 0.25) is 0 Å². The zero-order valence-electron chi connectivity index (χ0n) is 11.8. The van der Waals surface area contributed by atoms with Crippen molar-refractivity contribution in [2.75, 3.05) is 32.7 Å². The van der Waals surface area contributed by atoms with Crippen LogP contribution in [-0.2, 0) is 4.79 Å². The van der Waals surface area contributed by atoms with Crippen LogP contribution in [0.25, 0.3) is 0 Å². The van der Waals surface area contributed by atoms with Crippen LogP contribution in [0.4, 0.5) is 0 Å². The van der Waals surface area contributed by atoms with E-state index in [9.17, 15) is 4.79 Å². The molecule has 1 aromatic carbocycles. The minimum Gasteiger partial charge on any atom is -0.340 e. The highest BCUT2D eigenvalue weighted by molar-refractivity contribution is 5.84. The molecular formula is C16H23N3O. The molecule has 4 heteroatoms. The molecule has 4 nitrogen and oxygen atoms in total. The third-order valence-corrected chi connectivity index (χ3v) is 4.35. The van der Waals surface area contributed by atoms with E-state index in [1.165, 1.54) is 6.42 Å². The standard InChI is InChI=1S/C16H23N3O/c20-16(19-11-9-17-10-12-19)15(14-7-4-8-18-14)13-5-2-1-3-6-13/h1-3,5-6,14-15,17-18H,4,7-12H2. The van der Waals surface area contributed by atoms with E-state index in [1.807, 2.05) is 23.1 Å². The first-order valence-electron chi connectivity index (χ1n) is 7.64. The largest absolute Gasteiger partial charge is 0.340 e. The number of carbonyl (C=O) groups excluding carboxylic acids is 1. The molecule has 1 amide bonds. The number of benzene rings is 1. The number of carbonyl (C=O) groups is 1. The lowest BCUT2D eigenvalue weighted by molar-refractivity contribution is -0.134. The molecule has 0 bridgehead atoms. The molecule has 0 aliphatic carbocycles. The fourth-order valence-corrected chi connectivity index (χ4v) is 3.29. The second kappa shape index (κ2) is 6.37. The van der Waals surface area contributed by atoms with Gasteiger partial charge in [0, 0.05) is 32.2 Å². The Morgan fingerprint density at radius 1 is 1.15 bits per heavy atom. The Bertz CT molecular complexity index is 436. The lowest BCUT2D eigenvalue weighted by Gasteiger charge is -2.33. The summed E-state index contributed by atoms with van der Waals surface area (Å²) in [6.45, 7) is 4.50. The van der Waals surface area contributed by atoms with Crippen molar-refractivity contribution in [1.82, 2.24) is 15.5 Å². The van der Waals surface area contributed by atoms with Crippen molar-refractivity contribution in [3.05, 3.63) is 35.9 Å². The van der Waals surface area contributed by atoms with Crippen LogP contribution < -0.4 is 10.6 Å². The second-order valence-corrected chi connectivity index (χ2v) is 5.67. The summed E-state index contributed by atoms with van der Waals surface area (Å²) in [5.41, 5.74) is 1.15. The van der Waals surface area contributed by atoms with Gasteiger partial charge in [-0.25, -0.2) is 0 Å². The average Bonchev–Trinajstić information content (AvgIpc) is 3.03. The first-order chi connectivity index (χ1) is 9.86. The Hall–Kier alpha value is -1.39. The summed E-state index contributed by atoms with van der Waals surface area (Å²) in [6.07, 6.45) is 2.26. The van der Waals surface area contributed by atoms with Gasteiger partial charge in [-0.1, -0.05) is 30.3 Å². The van der Waals surface area contributed by atoms with Crippen molar-refractivity contribution < 1.29 is 4.79 Å². The van der Waals surface area contributed by atoms with E-state index in [2.05, 4.69) is 22.8 Å². The second-order valence-electron chi connectivity index (χ2n) is 5.67. The van der Waals surface area contributed by atoms with Crippen molar-refractivity contribution in [1.29, 1.82) is 0 Å². The summed E-state index contributed by atoms with van der Waals surface area (Å²) in [5.74, 6) is 0.258. The van der Waals surface area contributed by atoms with E-state index in [0.29, 0.717) is 6.04 Å². The van der Waals surface area contributed by atoms with Gasteiger partial charge in [-0.15, -0.1) is 0 Å². The van der Waals surface area contributed by atoms with Gasteiger partial charge in [-0.3, -0.25) is 4.79 Å². The van der Waals surface area contributed by atoms with E-state index in [1.54, 1.807) is 0 Å². The van der Waals surface area contributed by atoms with Crippen molar-refractivity contribution in [3.63, 3.8) is 0 Å². The Morgan fingerprint density at radius 3 is 2.55 bits per heavy atom. The predicted octanol–water partition coefficient (Wildman–Crippen LogP) is 0.954. The smallest absolute Gasteiger partial charge is 0.231 e. The van der Waals surface area contributed by atoms with Gasteiger partial charge in [0.1, 0.15) is 0 Å². The Labute approximate surface area is 120 Å². The van der Waals surface area contributed by atoms with Crippen molar-refractivity contribution >= 4 is 5.91 Å². The highest BCUT2D eigenvalue weighted by Crippen LogP contribution is 2.27. The fraction of sp³-hybridized carbons (Fsp3) is 0.562. The molecule has 0 radical (unpaired) electrons. The topological polar surface area (TPSA) is 44.4 Å². The molecule has 2 aliphatic rings. The van der Waals surface area contributed by atoms with E-state index < -0.39 is 0 Å². The number of hydrogen-bond acceptors (Lipinski definition) is 3. The number of amides is 1. The molecule has 0 spiro atoms. The zero-order valence-corrected chi connectivity index (χ0v) is 11.8. The molecule has 3 rings (SSSR count). The molecule has 2 saturated heterocycles. The zero-order chi connectivity index (χ0) is 13.8. The van der Waals surface area contributed by atoms with E-state index in [-0.39, 0.29) is 11.8 Å². The summed E-state index contributed by atoms with van der Waals surface area (Å²) in [7, 11) is 0. The van der Waals surface area contributed by atoms with Gasteiger partial charge < -0.3 is 15.5 Å². The SMILES string of the molecule is O=C(C(c1ccccc1)C1CCCN1)N1CCNCC1. The van der Waals surface area contributed by atoms with Gasteiger partial charge in [-0.2, -0.15) is 0 Å². The van der Waals surface area contributed by atoms with Crippen LogP contribution in [0.1, 0.15) is 24.3 Å². The quantitative estimate of drug-likeness (QED) is 0.862. The van der Waals surface area contributed by atoms with Gasteiger partial charge >= 0.3 is 0 Å². The number of nitrogens with zero attached hydrogens (tertiary/aromatic N) is 1. The van der Waals surface area contributed by atoms with Gasteiger partial charge in [0.25, 0.3) is 0 Å². The molecule has 2 unspecified atom stereocenters. The van der Waals surface area contributed by atoms with E-state index in [0.717, 1.165) is 44.7 Å². The highest BCUT2D eigenvalue weighted by atomic mass is 16.2. The maximum atomic E-state index is 12.9. The maximum absolute atomic E-state index is 12.9. The normalized spacial score (nSPS) is 24.6. The fourth-order valence-electron chi connectivity index (χ4n) is 3.29. The summed E-state index contributed by atoms with van der Waals surface area (Å²) < 4.78 is 0. The number of hydrogen-bond donors (Lipinski definition) is 2. The van der Waals surface area contributed by atoms with Crippen LogP contribution in [0.5, 0.6) is 0 Å². The summed E-state index contributed by atoms with van der Waals surface area (Å²) >= 11 is 0. The molecule has 2 aliphatic heterocycles. The summed E-state index contributed by atoms with van der Waals surface area (Å²) in [5, 5.41) is 6.82. The van der Waals surface area contributed by atoms with Gasteiger partial charge in [0.15, 0.2) is 0 Å². The van der Waals surface area contributed by atoms with Crippen molar-refractivity contribution in [3.8, 4) is 0 Å². The van der Waals surface area contributed by atoms with Gasteiger partial charge in [0.05, 0.1) is 5.92 Å². The molecule has 2 N–H and O–H groups in total. The summed E-state index contributed by atoms with van der Waals surface area (Å²) in [4.78, 5) is 15.0. The van der Waals surface area contributed by atoms with E-state index >= 15 is 0 Å².